The number of rotatable bonds is 6. The Balaban J connectivity index is 1.29. The lowest BCUT2D eigenvalue weighted by Gasteiger charge is -2.09. The molecule has 0 atom stereocenters. The minimum Gasteiger partial charge on any atom is -0.322 e. The van der Waals surface area contributed by atoms with Crippen molar-refractivity contribution >= 4 is 32.5 Å². The summed E-state index contributed by atoms with van der Waals surface area (Å²) in [5.74, 6) is -0.419. The van der Waals surface area contributed by atoms with Gasteiger partial charge in [-0.3, -0.25) is 9.78 Å². The Morgan fingerprint density at radius 1 is 0.833 bits per heavy atom. The first-order valence-corrected chi connectivity index (χ1v) is 13.0. The lowest BCUT2D eigenvalue weighted by atomic mass is 10.1. The van der Waals surface area contributed by atoms with Gasteiger partial charge in [0.05, 0.1) is 33.6 Å². The fourth-order valence-corrected chi connectivity index (χ4v) is 5.21. The van der Waals surface area contributed by atoms with Crippen LogP contribution in [-0.4, -0.2) is 24.3 Å². The molecule has 0 aliphatic carbocycles. The van der Waals surface area contributed by atoms with Crippen molar-refractivity contribution in [2.24, 2.45) is 0 Å². The lowest BCUT2D eigenvalue weighted by molar-refractivity contribution is 0.102. The number of aryl methyl sites for hydroxylation is 1. The van der Waals surface area contributed by atoms with E-state index in [-0.39, 0.29) is 16.6 Å². The van der Waals surface area contributed by atoms with Crippen molar-refractivity contribution < 1.29 is 13.2 Å². The summed E-state index contributed by atoms with van der Waals surface area (Å²) < 4.78 is 25.4. The van der Waals surface area contributed by atoms with Crippen molar-refractivity contribution in [2.45, 2.75) is 17.6 Å². The molecule has 0 saturated carbocycles. The van der Waals surface area contributed by atoms with Gasteiger partial charge in [0, 0.05) is 16.8 Å². The number of hydrogen-bond donors (Lipinski definition) is 1. The fraction of sp³-hybridized carbons (Fsp3) is 0.0690. The summed E-state index contributed by atoms with van der Waals surface area (Å²) in [6.07, 6.45) is 1.71. The number of nitrogens with zero attached hydrogens (tertiary/aromatic N) is 2. The van der Waals surface area contributed by atoms with Crippen LogP contribution < -0.4 is 5.32 Å². The lowest BCUT2D eigenvalue weighted by Crippen LogP contribution is -2.12. The van der Waals surface area contributed by atoms with Crippen molar-refractivity contribution in [1.29, 1.82) is 0 Å². The van der Waals surface area contributed by atoms with Gasteiger partial charge in [-0.1, -0.05) is 54.1 Å². The van der Waals surface area contributed by atoms with Crippen LogP contribution >= 0.6 is 0 Å². The molecule has 36 heavy (non-hydrogen) atoms. The Morgan fingerprint density at radius 3 is 2.31 bits per heavy atom. The molecule has 0 fully saturated rings. The first-order valence-electron chi connectivity index (χ1n) is 11.4. The molecule has 0 aliphatic rings. The van der Waals surface area contributed by atoms with E-state index in [1.807, 2.05) is 49.4 Å². The van der Waals surface area contributed by atoms with E-state index in [4.69, 9.17) is 0 Å². The number of sulfone groups is 1. The van der Waals surface area contributed by atoms with Crippen molar-refractivity contribution in [1.82, 2.24) is 9.97 Å². The number of carbonyl (C=O) groups excluding carboxylic acids is 1. The molecule has 0 bridgehead atoms. The highest BCUT2D eigenvalue weighted by atomic mass is 32.2. The van der Waals surface area contributed by atoms with E-state index in [1.54, 1.807) is 60.8 Å². The zero-order chi connectivity index (χ0) is 25.1. The fourth-order valence-electron chi connectivity index (χ4n) is 3.86. The maximum atomic E-state index is 12.8. The van der Waals surface area contributed by atoms with Crippen molar-refractivity contribution in [3.8, 4) is 11.3 Å². The van der Waals surface area contributed by atoms with Gasteiger partial charge in [0.25, 0.3) is 5.91 Å². The number of fused-ring (bicyclic) bond motifs is 1. The van der Waals surface area contributed by atoms with Crippen LogP contribution in [0.5, 0.6) is 0 Å². The van der Waals surface area contributed by atoms with Gasteiger partial charge in [0.15, 0.2) is 9.84 Å². The zero-order valence-corrected chi connectivity index (χ0v) is 20.4. The van der Waals surface area contributed by atoms with Crippen LogP contribution in [0.15, 0.2) is 108 Å². The summed E-state index contributed by atoms with van der Waals surface area (Å²) >= 11 is 0. The SMILES string of the molecule is Cc1ccc(S(=O)(=O)Cc2ccc(C(=O)Nc3cccc(-c4cnc5ccccc5n4)c3)cc2)cc1. The van der Waals surface area contributed by atoms with Gasteiger partial charge in [-0.25, -0.2) is 13.4 Å². The van der Waals surface area contributed by atoms with Crippen LogP contribution in [0.2, 0.25) is 0 Å². The third kappa shape index (κ3) is 5.16. The maximum Gasteiger partial charge on any atom is 0.255 e. The topological polar surface area (TPSA) is 89.0 Å². The molecule has 0 aliphatic heterocycles. The summed E-state index contributed by atoms with van der Waals surface area (Å²) in [5.41, 5.74) is 5.84. The predicted octanol–water partition coefficient (Wildman–Crippen LogP) is 5.83. The summed E-state index contributed by atoms with van der Waals surface area (Å²) in [6, 6.07) is 28.5. The van der Waals surface area contributed by atoms with Crippen LogP contribution in [0.25, 0.3) is 22.3 Å². The summed E-state index contributed by atoms with van der Waals surface area (Å²) in [4.78, 5) is 22.2. The van der Waals surface area contributed by atoms with Gasteiger partial charge >= 0.3 is 0 Å². The molecule has 1 N–H and O–H groups in total. The molecule has 1 heterocycles. The van der Waals surface area contributed by atoms with E-state index < -0.39 is 9.84 Å². The predicted molar refractivity (Wildman–Crippen MR) is 141 cm³/mol. The number of para-hydroxylation sites is 2. The van der Waals surface area contributed by atoms with Gasteiger partial charge in [-0.15, -0.1) is 0 Å². The molecule has 0 radical (unpaired) electrons. The third-order valence-corrected chi connectivity index (χ3v) is 7.52. The van der Waals surface area contributed by atoms with Gasteiger partial charge in [0.1, 0.15) is 0 Å². The molecule has 1 amide bonds. The smallest absolute Gasteiger partial charge is 0.255 e. The molecule has 5 rings (SSSR count). The van der Waals surface area contributed by atoms with E-state index in [2.05, 4.69) is 15.3 Å². The molecule has 0 unspecified atom stereocenters. The van der Waals surface area contributed by atoms with Crippen LogP contribution in [0, 0.1) is 6.92 Å². The molecular weight excluding hydrogens is 470 g/mol. The van der Waals surface area contributed by atoms with Crippen LogP contribution in [0.1, 0.15) is 21.5 Å². The van der Waals surface area contributed by atoms with Gasteiger partial charge in [-0.2, -0.15) is 0 Å². The molecule has 0 saturated heterocycles. The highest BCUT2D eigenvalue weighted by Gasteiger charge is 2.16. The first-order chi connectivity index (χ1) is 17.4. The molecule has 0 spiro atoms. The van der Waals surface area contributed by atoms with E-state index >= 15 is 0 Å². The average molecular weight is 494 g/mol. The van der Waals surface area contributed by atoms with Gasteiger partial charge < -0.3 is 5.32 Å². The van der Waals surface area contributed by atoms with Crippen molar-refractivity contribution in [3.63, 3.8) is 0 Å². The van der Waals surface area contributed by atoms with Crippen LogP contribution in [-0.2, 0) is 15.6 Å². The standard InChI is InChI=1S/C29H23N3O3S/c1-20-9-15-25(16-10-20)36(34,35)19-21-11-13-22(14-12-21)29(33)31-24-6-4-5-23(17-24)28-18-30-26-7-2-3-8-27(26)32-28/h2-18H,19H2,1H3,(H,31,33). The van der Waals surface area contributed by atoms with Crippen molar-refractivity contribution in [2.75, 3.05) is 5.32 Å². The third-order valence-electron chi connectivity index (χ3n) is 5.82. The largest absolute Gasteiger partial charge is 0.322 e. The molecule has 6 nitrogen and oxygen atoms in total. The summed E-state index contributed by atoms with van der Waals surface area (Å²) in [6.45, 7) is 1.91. The Labute approximate surface area is 209 Å². The quantitative estimate of drug-likeness (QED) is 0.321. The normalized spacial score (nSPS) is 11.4. The Bertz CT molecular complexity index is 1660. The van der Waals surface area contributed by atoms with E-state index in [0.717, 1.165) is 22.2 Å². The maximum absolute atomic E-state index is 12.8. The highest BCUT2D eigenvalue weighted by molar-refractivity contribution is 7.90. The first kappa shape index (κ1) is 23.4. The number of nitrogens with one attached hydrogen (secondary N) is 1. The van der Waals surface area contributed by atoms with Gasteiger partial charge in [0.2, 0.25) is 0 Å². The monoisotopic (exact) mass is 493 g/mol. The minimum atomic E-state index is -3.47. The molecule has 1 aromatic heterocycles. The molecule has 5 aromatic rings. The minimum absolute atomic E-state index is 0.132. The molecule has 4 aromatic carbocycles. The number of aromatic nitrogens is 2. The summed E-state index contributed by atoms with van der Waals surface area (Å²) in [5, 5.41) is 2.90. The Hall–Kier alpha value is -4.36. The second-order valence-corrected chi connectivity index (χ2v) is 10.5. The second-order valence-electron chi connectivity index (χ2n) is 8.55. The highest BCUT2D eigenvalue weighted by Crippen LogP contribution is 2.23. The van der Waals surface area contributed by atoms with Crippen molar-refractivity contribution in [3.05, 3.63) is 120 Å². The number of hydrogen-bond acceptors (Lipinski definition) is 5. The number of amides is 1. The molecule has 178 valence electrons. The number of carbonyl (C=O) groups is 1. The van der Waals surface area contributed by atoms with E-state index in [9.17, 15) is 13.2 Å². The van der Waals surface area contributed by atoms with Gasteiger partial charge in [-0.05, 0) is 61.0 Å². The number of benzene rings is 4. The second kappa shape index (κ2) is 9.71. The molecule has 7 heteroatoms. The van der Waals surface area contributed by atoms with E-state index in [0.29, 0.717) is 22.5 Å². The average Bonchev–Trinajstić information content (AvgIpc) is 2.89. The van der Waals surface area contributed by atoms with E-state index in [1.165, 1.54) is 0 Å². The summed E-state index contributed by atoms with van der Waals surface area (Å²) in [7, 11) is -3.47. The Kier molecular flexibility index (Phi) is 6.31. The van der Waals surface area contributed by atoms with Crippen LogP contribution in [0.4, 0.5) is 5.69 Å². The number of anilines is 1. The molecular formula is C29H23N3O3S. The Morgan fingerprint density at radius 2 is 1.56 bits per heavy atom. The zero-order valence-electron chi connectivity index (χ0n) is 19.5. The van der Waals surface area contributed by atoms with Crippen LogP contribution in [0.3, 0.4) is 0 Å².